The topological polar surface area (TPSA) is 76.2 Å². The summed E-state index contributed by atoms with van der Waals surface area (Å²) in [5, 5.41) is 0. The molecule has 0 unspecified atom stereocenters. The lowest BCUT2D eigenvalue weighted by molar-refractivity contribution is -0.132. The quantitative estimate of drug-likeness (QED) is 0.451. The molecule has 0 bridgehead atoms. The third-order valence-corrected chi connectivity index (χ3v) is 4.90. The van der Waals surface area contributed by atoms with Crippen molar-refractivity contribution in [3.63, 3.8) is 0 Å². The van der Waals surface area contributed by atoms with E-state index >= 15 is 0 Å². The Hall–Kier alpha value is -2.67. The van der Waals surface area contributed by atoms with E-state index in [9.17, 15) is 14.4 Å². The summed E-state index contributed by atoms with van der Waals surface area (Å²) in [6.07, 6.45) is 4.09. The number of nitrogens with zero attached hydrogens (tertiary/aromatic N) is 2. The van der Waals surface area contributed by atoms with Crippen molar-refractivity contribution >= 4 is 17.8 Å². The molecule has 0 aliphatic carbocycles. The number of carbonyl (C=O) groups excluding carboxylic acids is 3. The van der Waals surface area contributed by atoms with Crippen LogP contribution in [0.2, 0.25) is 0 Å². The first kappa shape index (κ1) is 20.1. The fraction of sp³-hybridized carbons (Fsp3) is 0.476. The highest BCUT2D eigenvalue weighted by Crippen LogP contribution is 2.17. The number of hydrogen-bond acceptors (Lipinski definition) is 5. The zero-order chi connectivity index (χ0) is 19.9. The monoisotopic (exact) mass is 386 g/mol. The first-order valence-corrected chi connectivity index (χ1v) is 9.67. The predicted octanol–water partition coefficient (Wildman–Crippen LogP) is 2.02. The van der Waals surface area contributed by atoms with Crippen molar-refractivity contribution < 1.29 is 23.9 Å². The molecule has 2 aliphatic heterocycles. The van der Waals surface area contributed by atoms with E-state index in [0.717, 1.165) is 24.8 Å². The highest BCUT2D eigenvalue weighted by molar-refractivity contribution is 5.95. The number of benzene rings is 1. The van der Waals surface area contributed by atoms with Gasteiger partial charge in [0.1, 0.15) is 5.75 Å². The van der Waals surface area contributed by atoms with Gasteiger partial charge in [0.05, 0.1) is 13.2 Å². The van der Waals surface area contributed by atoms with Crippen molar-refractivity contribution in [2.24, 2.45) is 0 Å². The third-order valence-electron chi connectivity index (χ3n) is 4.90. The highest BCUT2D eigenvalue weighted by Gasteiger charge is 2.23. The van der Waals surface area contributed by atoms with Gasteiger partial charge < -0.3 is 19.3 Å². The molecule has 28 heavy (non-hydrogen) atoms. The molecule has 0 spiro atoms. The summed E-state index contributed by atoms with van der Waals surface area (Å²) >= 11 is 0. The van der Waals surface area contributed by atoms with Gasteiger partial charge in [-0.1, -0.05) is 11.6 Å². The smallest absolute Gasteiger partial charge is 0.308 e. The normalized spacial score (nSPS) is 17.7. The van der Waals surface area contributed by atoms with E-state index in [1.807, 2.05) is 4.90 Å². The van der Waals surface area contributed by atoms with Crippen LogP contribution >= 0.6 is 0 Å². The molecule has 0 aromatic heterocycles. The molecule has 1 aromatic rings. The second-order valence-corrected chi connectivity index (χ2v) is 7.01. The number of hydrogen-bond donors (Lipinski definition) is 0. The molecule has 0 saturated carbocycles. The Balaban J connectivity index is 1.60. The van der Waals surface area contributed by atoms with E-state index in [2.05, 4.69) is 0 Å². The lowest BCUT2D eigenvalue weighted by Crippen LogP contribution is -2.37. The van der Waals surface area contributed by atoms with Gasteiger partial charge in [0, 0.05) is 44.7 Å². The fourth-order valence-electron chi connectivity index (χ4n) is 3.43. The molecular formula is C21H26N2O5. The molecule has 2 aliphatic rings. The van der Waals surface area contributed by atoms with Gasteiger partial charge in [-0.25, -0.2) is 0 Å². The standard InChI is InChI=1S/C21H26N2O5/c1-16(24)28-19-5-2-4-18(15-19)21(26)23-9-3-8-22(10-11-23)20(25)14-17-6-12-27-13-7-17/h2,4-5,14-15H,3,6-13H2,1H3. The average molecular weight is 386 g/mol. The zero-order valence-corrected chi connectivity index (χ0v) is 16.2. The highest BCUT2D eigenvalue weighted by atomic mass is 16.5. The molecule has 0 atom stereocenters. The molecule has 2 heterocycles. The van der Waals surface area contributed by atoms with Crippen LogP contribution in [0.5, 0.6) is 5.75 Å². The molecule has 2 amide bonds. The van der Waals surface area contributed by atoms with Crippen LogP contribution in [0.4, 0.5) is 0 Å². The molecule has 1 aromatic carbocycles. The van der Waals surface area contributed by atoms with Gasteiger partial charge in [0.15, 0.2) is 0 Å². The maximum atomic E-state index is 12.8. The number of esters is 1. The van der Waals surface area contributed by atoms with Crippen molar-refractivity contribution in [3.8, 4) is 5.75 Å². The molecule has 7 nitrogen and oxygen atoms in total. The van der Waals surface area contributed by atoms with Crippen LogP contribution in [0.1, 0.15) is 36.5 Å². The van der Waals surface area contributed by atoms with Gasteiger partial charge >= 0.3 is 5.97 Å². The zero-order valence-electron chi connectivity index (χ0n) is 16.2. The molecule has 2 fully saturated rings. The third kappa shape index (κ3) is 5.42. The summed E-state index contributed by atoms with van der Waals surface area (Å²) in [7, 11) is 0. The van der Waals surface area contributed by atoms with Crippen LogP contribution in [-0.2, 0) is 14.3 Å². The summed E-state index contributed by atoms with van der Waals surface area (Å²) < 4.78 is 10.4. The van der Waals surface area contributed by atoms with E-state index in [-0.39, 0.29) is 11.8 Å². The second kappa shape index (κ2) is 9.50. The molecule has 0 radical (unpaired) electrons. The fourth-order valence-corrected chi connectivity index (χ4v) is 3.43. The van der Waals surface area contributed by atoms with Crippen LogP contribution in [0.25, 0.3) is 0 Å². The van der Waals surface area contributed by atoms with Crippen molar-refractivity contribution in [1.29, 1.82) is 0 Å². The summed E-state index contributed by atoms with van der Waals surface area (Å²) in [5.41, 5.74) is 1.61. The Morgan fingerprint density at radius 2 is 1.75 bits per heavy atom. The second-order valence-electron chi connectivity index (χ2n) is 7.01. The van der Waals surface area contributed by atoms with Crippen molar-refractivity contribution in [2.45, 2.75) is 26.2 Å². The van der Waals surface area contributed by atoms with Crippen molar-refractivity contribution in [1.82, 2.24) is 9.80 Å². The van der Waals surface area contributed by atoms with E-state index < -0.39 is 5.97 Å². The Morgan fingerprint density at radius 3 is 2.50 bits per heavy atom. The lowest BCUT2D eigenvalue weighted by atomic mass is 10.1. The van der Waals surface area contributed by atoms with E-state index in [4.69, 9.17) is 9.47 Å². The van der Waals surface area contributed by atoms with Gasteiger partial charge in [0.2, 0.25) is 5.91 Å². The van der Waals surface area contributed by atoms with Crippen LogP contribution in [-0.4, -0.2) is 67.0 Å². The van der Waals surface area contributed by atoms with Crippen LogP contribution < -0.4 is 4.74 Å². The summed E-state index contributed by atoms with van der Waals surface area (Å²) in [6, 6.07) is 6.62. The lowest BCUT2D eigenvalue weighted by Gasteiger charge is -2.22. The van der Waals surface area contributed by atoms with Gasteiger partial charge in [-0.2, -0.15) is 0 Å². The maximum Gasteiger partial charge on any atom is 0.308 e. The van der Waals surface area contributed by atoms with Crippen LogP contribution in [0.3, 0.4) is 0 Å². The minimum atomic E-state index is -0.424. The first-order valence-electron chi connectivity index (χ1n) is 9.67. The molecular weight excluding hydrogens is 360 g/mol. The summed E-state index contributed by atoms with van der Waals surface area (Å²) in [5.74, 6) is -0.172. The molecule has 3 rings (SSSR count). The molecule has 2 saturated heterocycles. The van der Waals surface area contributed by atoms with Gasteiger partial charge in [-0.15, -0.1) is 0 Å². The number of rotatable bonds is 3. The van der Waals surface area contributed by atoms with E-state index in [0.29, 0.717) is 50.7 Å². The molecule has 150 valence electrons. The minimum Gasteiger partial charge on any atom is -0.427 e. The van der Waals surface area contributed by atoms with Gasteiger partial charge in [-0.3, -0.25) is 14.4 Å². The summed E-state index contributed by atoms with van der Waals surface area (Å²) in [4.78, 5) is 40.1. The number of amides is 2. The first-order chi connectivity index (χ1) is 13.5. The predicted molar refractivity (Wildman–Crippen MR) is 103 cm³/mol. The van der Waals surface area contributed by atoms with Crippen molar-refractivity contribution in [2.75, 3.05) is 39.4 Å². The van der Waals surface area contributed by atoms with E-state index in [1.54, 1.807) is 35.2 Å². The van der Waals surface area contributed by atoms with Gasteiger partial charge in [-0.05, 0) is 37.5 Å². The molecule has 0 N–H and O–H groups in total. The Bertz CT molecular complexity index is 766. The van der Waals surface area contributed by atoms with Crippen LogP contribution in [0.15, 0.2) is 35.9 Å². The number of ether oxygens (including phenoxy) is 2. The molecule has 7 heteroatoms. The SMILES string of the molecule is CC(=O)Oc1cccc(C(=O)N2CCCN(C(=O)C=C3CCOCC3)CC2)c1. The largest absolute Gasteiger partial charge is 0.427 e. The number of carbonyl (C=O) groups is 3. The maximum absolute atomic E-state index is 12.8. The van der Waals surface area contributed by atoms with Crippen molar-refractivity contribution in [3.05, 3.63) is 41.5 Å². The Kier molecular flexibility index (Phi) is 6.81. The summed E-state index contributed by atoms with van der Waals surface area (Å²) in [6.45, 7) is 4.89. The Labute approximate surface area is 164 Å². The van der Waals surface area contributed by atoms with Gasteiger partial charge in [0.25, 0.3) is 5.91 Å². The minimum absolute atomic E-state index is 0.0167. The average Bonchev–Trinajstić information content (AvgIpc) is 2.94. The van der Waals surface area contributed by atoms with Crippen LogP contribution in [0, 0.1) is 0 Å². The van der Waals surface area contributed by atoms with E-state index in [1.165, 1.54) is 6.92 Å². The Morgan fingerprint density at radius 1 is 1.04 bits per heavy atom.